The number of hydrogen-bond acceptors (Lipinski definition) is 2. The Bertz CT molecular complexity index is 227. The molecule has 1 aliphatic rings. The number of rotatable bonds is 4. The van der Waals surface area contributed by atoms with Gasteiger partial charge in [-0.1, -0.05) is 0 Å². The van der Waals surface area contributed by atoms with Gasteiger partial charge in [0.15, 0.2) is 0 Å². The van der Waals surface area contributed by atoms with E-state index in [9.17, 15) is 18.0 Å². The highest BCUT2D eigenvalue weighted by molar-refractivity contribution is 5.73. The van der Waals surface area contributed by atoms with Gasteiger partial charge in [0.05, 0.1) is 0 Å². The van der Waals surface area contributed by atoms with Crippen LogP contribution in [0.4, 0.5) is 18.0 Å². The Labute approximate surface area is 91.5 Å². The van der Waals surface area contributed by atoms with Gasteiger partial charge in [-0.3, -0.25) is 0 Å². The zero-order chi connectivity index (χ0) is 12.0. The number of carbonyl (C=O) groups is 1. The Hall–Kier alpha value is -0.980. The third kappa shape index (κ3) is 5.79. The molecule has 4 nitrogen and oxygen atoms in total. The fourth-order valence-electron chi connectivity index (χ4n) is 1.44. The molecule has 1 rings (SSSR count). The Morgan fingerprint density at radius 1 is 1.38 bits per heavy atom. The van der Waals surface area contributed by atoms with Crippen molar-refractivity contribution in [3.63, 3.8) is 0 Å². The maximum atomic E-state index is 11.7. The minimum Gasteiger partial charge on any atom is -0.381 e. The zero-order valence-corrected chi connectivity index (χ0v) is 8.77. The Balaban J connectivity index is 2.01. The average Bonchev–Trinajstić information content (AvgIpc) is 2.66. The van der Waals surface area contributed by atoms with Crippen molar-refractivity contribution in [3.8, 4) is 0 Å². The van der Waals surface area contributed by atoms with Crippen molar-refractivity contribution in [2.45, 2.75) is 19.0 Å². The number of hydrogen-bond donors (Lipinski definition) is 2. The maximum Gasteiger partial charge on any atom is 0.405 e. The summed E-state index contributed by atoms with van der Waals surface area (Å²) >= 11 is 0. The number of urea groups is 1. The number of nitrogens with one attached hydrogen (secondary N) is 2. The number of ether oxygens (including phenoxy) is 1. The van der Waals surface area contributed by atoms with Gasteiger partial charge in [-0.2, -0.15) is 13.2 Å². The van der Waals surface area contributed by atoms with Gasteiger partial charge in [0, 0.05) is 19.8 Å². The molecular weight excluding hydrogens is 225 g/mol. The molecule has 0 aromatic rings. The lowest BCUT2D eigenvalue weighted by molar-refractivity contribution is -0.122. The second kappa shape index (κ2) is 5.93. The highest BCUT2D eigenvalue weighted by Gasteiger charge is 2.27. The Kier molecular flexibility index (Phi) is 4.85. The summed E-state index contributed by atoms with van der Waals surface area (Å²) < 4.78 is 40.3. The Morgan fingerprint density at radius 3 is 2.69 bits per heavy atom. The summed E-state index contributed by atoms with van der Waals surface area (Å²) in [7, 11) is 0. The monoisotopic (exact) mass is 240 g/mol. The van der Waals surface area contributed by atoms with E-state index in [1.165, 1.54) is 0 Å². The van der Waals surface area contributed by atoms with Crippen LogP contribution < -0.4 is 10.6 Å². The molecule has 0 spiro atoms. The van der Waals surface area contributed by atoms with Crippen LogP contribution in [0.25, 0.3) is 0 Å². The van der Waals surface area contributed by atoms with Crippen molar-refractivity contribution in [1.82, 2.24) is 10.6 Å². The molecule has 16 heavy (non-hydrogen) atoms. The molecule has 1 saturated heterocycles. The molecule has 1 fully saturated rings. The number of carbonyl (C=O) groups excluding carboxylic acids is 1. The van der Waals surface area contributed by atoms with Gasteiger partial charge in [0.25, 0.3) is 0 Å². The van der Waals surface area contributed by atoms with Gasteiger partial charge in [-0.25, -0.2) is 4.79 Å². The smallest absolute Gasteiger partial charge is 0.381 e. The molecule has 1 aliphatic heterocycles. The summed E-state index contributed by atoms with van der Waals surface area (Å²) in [6.07, 6.45) is -2.68. The molecule has 2 amide bonds. The quantitative estimate of drug-likeness (QED) is 0.777. The van der Waals surface area contributed by atoms with Crippen LogP contribution in [0, 0.1) is 5.92 Å². The highest BCUT2D eigenvalue weighted by Crippen LogP contribution is 2.15. The fraction of sp³-hybridized carbons (Fsp3) is 0.889. The molecule has 0 aliphatic carbocycles. The number of halogens is 3. The molecule has 2 N–H and O–H groups in total. The van der Waals surface area contributed by atoms with E-state index in [0.717, 1.165) is 19.4 Å². The fourth-order valence-corrected chi connectivity index (χ4v) is 1.44. The maximum absolute atomic E-state index is 11.7. The van der Waals surface area contributed by atoms with Crippen LogP contribution in [-0.4, -0.2) is 38.5 Å². The van der Waals surface area contributed by atoms with Gasteiger partial charge in [-0.15, -0.1) is 0 Å². The summed E-state index contributed by atoms with van der Waals surface area (Å²) in [6.45, 7) is 0.472. The second-order valence-electron chi connectivity index (χ2n) is 3.74. The van der Waals surface area contributed by atoms with Crippen LogP contribution in [0.1, 0.15) is 12.8 Å². The lowest BCUT2D eigenvalue weighted by atomic mass is 10.1. The number of amides is 2. The highest BCUT2D eigenvalue weighted by atomic mass is 19.4. The SMILES string of the molecule is O=C(NCCC1CCOC1)NCC(F)(F)F. The predicted octanol–water partition coefficient (Wildman–Crippen LogP) is 1.27. The summed E-state index contributed by atoms with van der Waals surface area (Å²) in [4.78, 5) is 10.9. The minimum atomic E-state index is -4.36. The molecule has 0 aromatic heterocycles. The Morgan fingerprint density at radius 2 is 2.12 bits per heavy atom. The third-order valence-electron chi connectivity index (χ3n) is 2.31. The first-order chi connectivity index (χ1) is 7.47. The summed E-state index contributed by atoms with van der Waals surface area (Å²) in [5.41, 5.74) is 0. The standard InChI is InChI=1S/C9H15F3N2O2/c10-9(11,12)6-14-8(15)13-3-1-7-2-4-16-5-7/h7H,1-6H2,(H2,13,14,15). The average molecular weight is 240 g/mol. The lowest BCUT2D eigenvalue weighted by Crippen LogP contribution is -2.41. The van der Waals surface area contributed by atoms with E-state index in [1.54, 1.807) is 5.32 Å². The molecule has 1 heterocycles. The predicted molar refractivity (Wildman–Crippen MR) is 51.0 cm³/mol. The van der Waals surface area contributed by atoms with Crippen LogP contribution in [0.15, 0.2) is 0 Å². The number of alkyl halides is 3. The van der Waals surface area contributed by atoms with Crippen molar-refractivity contribution in [1.29, 1.82) is 0 Å². The molecule has 0 aromatic carbocycles. The van der Waals surface area contributed by atoms with Gasteiger partial charge >= 0.3 is 12.2 Å². The van der Waals surface area contributed by atoms with Crippen molar-refractivity contribution in [2.24, 2.45) is 5.92 Å². The van der Waals surface area contributed by atoms with Crippen molar-refractivity contribution in [2.75, 3.05) is 26.3 Å². The lowest BCUT2D eigenvalue weighted by Gasteiger charge is -2.11. The largest absolute Gasteiger partial charge is 0.405 e. The first-order valence-corrected chi connectivity index (χ1v) is 5.13. The molecule has 94 valence electrons. The van der Waals surface area contributed by atoms with Crippen LogP contribution in [0.5, 0.6) is 0 Å². The van der Waals surface area contributed by atoms with Gasteiger partial charge in [0.1, 0.15) is 6.54 Å². The molecular formula is C9H15F3N2O2. The van der Waals surface area contributed by atoms with Crippen LogP contribution in [0.2, 0.25) is 0 Å². The first kappa shape index (κ1) is 13.1. The zero-order valence-electron chi connectivity index (χ0n) is 8.77. The van der Waals surface area contributed by atoms with E-state index >= 15 is 0 Å². The molecule has 0 saturated carbocycles. The molecule has 1 unspecified atom stereocenters. The van der Waals surface area contributed by atoms with E-state index in [4.69, 9.17) is 4.74 Å². The third-order valence-corrected chi connectivity index (χ3v) is 2.31. The normalized spacial score (nSPS) is 20.8. The molecule has 7 heteroatoms. The summed E-state index contributed by atoms with van der Waals surface area (Å²) in [5, 5.41) is 4.12. The van der Waals surface area contributed by atoms with E-state index in [-0.39, 0.29) is 0 Å². The van der Waals surface area contributed by atoms with Crippen LogP contribution in [0.3, 0.4) is 0 Å². The van der Waals surface area contributed by atoms with E-state index in [1.807, 2.05) is 0 Å². The van der Waals surface area contributed by atoms with Crippen molar-refractivity contribution >= 4 is 6.03 Å². The van der Waals surface area contributed by atoms with Gasteiger partial charge in [-0.05, 0) is 18.8 Å². The van der Waals surface area contributed by atoms with Gasteiger partial charge in [0.2, 0.25) is 0 Å². The second-order valence-corrected chi connectivity index (χ2v) is 3.74. The van der Waals surface area contributed by atoms with E-state index in [2.05, 4.69) is 5.32 Å². The minimum absolute atomic E-state index is 0.373. The van der Waals surface area contributed by atoms with Crippen LogP contribution >= 0.6 is 0 Å². The first-order valence-electron chi connectivity index (χ1n) is 5.13. The van der Waals surface area contributed by atoms with E-state index < -0.39 is 18.8 Å². The molecule has 0 bridgehead atoms. The van der Waals surface area contributed by atoms with E-state index in [0.29, 0.717) is 19.1 Å². The van der Waals surface area contributed by atoms with Crippen molar-refractivity contribution in [3.05, 3.63) is 0 Å². The molecule has 0 radical (unpaired) electrons. The van der Waals surface area contributed by atoms with Crippen LogP contribution in [-0.2, 0) is 4.74 Å². The van der Waals surface area contributed by atoms with Gasteiger partial charge < -0.3 is 15.4 Å². The summed E-state index contributed by atoms with van der Waals surface area (Å²) in [6, 6.07) is -0.781. The summed E-state index contributed by atoms with van der Waals surface area (Å²) in [5.74, 6) is 0.405. The molecule has 1 atom stereocenters. The van der Waals surface area contributed by atoms with Crippen molar-refractivity contribution < 1.29 is 22.7 Å². The topological polar surface area (TPSA) is 50.4 Å².